The van der Waals surface area contributed by atoms with Gasteiger partial charge >= 0.3 is 0 Å². The van der Waals surface area contributed by atoms with Gasteiger partial charge in [0.1, 0.15) is 6.10 Å². The normalized spacial score (nSPS) is 30.9. The molecule has 0 N–H and O–H groups in total. The highest BCUT2D eigenvalue weighted by atomic mass is 16.7. The smallest absolute Gasteiger partial charge is 0.184 e. The molecule has 1 rings (SSSR count). The summed E-state index contributed by atoms with van der Waals surface area (Å²) in [4.78, 5) is 11.0. The van der Waals surface area contributed by atoms with Gasteiger partial charge in [-0.25, -0.2) is 0 Å². The van der Waals surface area contributed by atoms with Crippen LogP contribution < -0.4 is 0 Å². The third-order valence-corrected chi connectivity index (χ3v) is 1.64. The van der Waals surface area contributed by atoms with Crippen molar-refractivity contribution in [1.82, 2.24) is 0 Å². The molecule has 2 atom stereocenters. The molecule has 3 heteroatoms. The number of methoxy groups -OCH3 is 1. The fourth-order valence-corrected chi connectivity index (χ4v) is 0.987. The van der Waals surface area contributed by atoms with Gasteiger partial charge in [-0.05, 0) is 18.6 Å². The molecule has 0 aromatic rings. The van der Waals surface area contributed by atoms with Crippen LogP contribution >= 0.6 is 0 Å². The molecule has 3 nitrogen and oxygen atoms in total. The molecule has 1 aliphatic rings. The first-order valence-corrected chi connectivity index (χ1v) is 3.68. The Balaban J connectivity index is 2.59. The predicted molar refractivity (Wildman–Crippen MR) is 40.1 cm³/mol. The summed E-state index contributed by atoms with van der Waals surface area (Å²) in [5.74, 6) is 0.0285. The second-order valence-electron chi connectivity index (χ2n) is 2.40. The highest BCUT2D eigenvalue weighted by molar-refractivity contribution is 5.94. The average Bonchev–Trinajstić information content (AvgIpc) is 2.05. The number of carbonyl (C=O) groups is 1. The molecular weight excluding hydrogens is 144 g/mol. The molecule has 0 aromatic carbocycles. The van der Waals surface area contributed by atoms with E-state index in [4.69, 9.17) is 9.47 Å². The fraction of sp³-hybridized carbons (Fsp3) is 0.625. The van der Waals surface area contributed by atoms with Gasteiger partial charge in [0.15, 0.2) is 12.1 Å². The zero-order valence-corrected chi connectivity index (χ0v) is 6.74. The van der Waals surface area contributed by atoms with E-state index < -0.39 is 0 Å². The van der Waals surface area contributed by atoms with Gasteiger partial charge in [0, 0.05) is 7.11 Å². The Morgan fingerprint density at radius 1 is 1.73 bits per heavy atom. The minimum atomic E-state index is -0.349. The molecule has 1 heterocycles. The quantitative estimate of drug-likeness (QED) is 0.595. The number of ketones is 1. The Hall–Kier alpha value is -0.670. The summed E-state index contributed by atoms with van der Waals surface area (Å²) in [5.41, 5.74) is 0. The summed E-state index contributed by atoms with van der Waals surface area (Å²) in [6.45, 7) is 1.91. The topological polar surface area (TPSA) is 35.5 Å². The summed E-state index contributed by atoms with van der Waals surface area (Å²) < 4.78 is 10.1. The lowest BCUT2D eigenvalue weighted by atomic mass is 10.1. The second kappa shape index (κ2) is 3.64. The van der Waals surface area contributed by atoms with Gasteiger partial charge in [0.25, 0.3) is 0 Å². The lowest BCUT2D eigenvalue weighted by Crippen LogP contribution is -2.31. The molecule has 0 bridgehead atoms. The molecule has 11 heavy (non-hydrogen) atoms. The van der Waals surface area contributed by atoms with Crippen molar-refractivity contribution in [1.29, 1.82) is 0 Å². The SMILES string of the molecule is CCC1OC(OC)C=CC1=O. The Kier molecular flexibility index (Phi) is 2.79. The third kappa shape index (κ3) is 1.88. The van der Waals surface area contributed by atoms with Gasteiger partial charge < -0.3 is 9.47 Å². The molecular formula is C8H12O3. The number of ether oxygens (including phenoxy) is 2. The van der Waals surface area contributed by atoms with Crippen LogP contribution in [0.15, 0.2) is 12.2 Å². The third-order valence-electron chi connectivity index (χ3n) is 1.64. The van der Waals surface area contributed by atoms with Crippen LogP contribution in [0.5, 0.6) is 0 Å². The maximum atomic E-state index is 11.0. The Morgan fingerprint density at radius 3 is 3.00 bits per heavy atom. The Labute approximate surface area is 66.0 Å². The first-order chi connectivity index (χ1) is 5.27. The zero-order chi connectivity index (χ0) is 8.27. The average molecular weight is 156 g/mol. The highest BCUT2D eigenvalue weighted by Crippen LogP contribution is 2.11. The molecule has 0 aliphatic carbocycles. The van der Waals surface area contributed by atoms with E-state index >= 15 is 0 Å². The first kappa shape index (κ1) is 8.43. The Bertz CT molecular complexity index is 174. The van der Waals surface area contributed by atoms with E-state index in [9.17, 15) is 4.79 Å². The molecule has 0 amide bonds. The summed E-state index contributed by atoms with van der Waals surface area (Å²) in [6.07, 6.45) is 3.17. The van der Waals surface area contributed by atoms with E-state index in [1.807, 2.05) is 6.92 Å². The van der Waals surface area contributed by atoms with E-state index in [-0.39, 0.29) is 18.2 Å². The lowest BCUT2D eigenvalue weighted by Gasteiger charge is -2.22. The lowest BCUT2D eigenvalue weighted by molar-refractivity contribution is -0.155. The van der Waals surface area contributed by atoms with Gasteiger partial charge in [0.2, 0.25) is 0 Å². The van der Waals surface area contributed by atoms with Crippen LogP contribution in [0.4, 0.5) is 0 Å². The van der Waals surface area contributed by atoms with Crippen LogP contribution in [0, 0.1) is 0 Å². The van der Waals surface area contributed by atoms with Gasteiger partial charge in [-0.15, -0.1) is 0 Å². The van der Waals surface area contributed by atoms with Gasteiger partial charge in [-0.3, -0.25) is 4.79 Å². The Morgan fingerprint density at radius 2 is 2.45 bits per heavy atom. The summed E-state index contributed by atoms with van der Waals surface area (Å²) in [7, 11) is 1.55. The van der Waals surface area contributed by atoms with E-state index in [0.717, 1.165) is 0 Å². The van der Waals surface area contributed by atoms with E-state index in [2.05, 4.69) is 0 Å². The monoisotopic (exact) mass is 156 g/mol. The molecule has 0 fully saturated rings. The van der Waals surface area contributed by atoms with Crippen molar-refractivity contribution >= 4 is 5.78 Å². The van der Waals surface area contributed by atoms with Crippen molar-refractivity contribution in [2.45, 2.75) is 25.7 Å². The molecule has 62 valence electrons. The summed E-state index contributed by atoms with van der Waals surface area (Å²) >= 11 is 0. The molecule has 0 saturated heterocycles. The minimum absolute atomic E-state index is 0.0285. The van der Waals surface area contributed by atoms with Crippen molar-refractivity contribution in [3.05, 3.63) is 12.2 Å². The predicted octanol–water partition coefficient (Wildman–Crippen LogP) is 0.893. The van der Waals surface area contributed by atoms with Crippen molar-refractivity contribution < 1.29 is 14.3 Å². The number of hydrogen-bond acceptors (Lipinski definition) is 3. The van der Waals surface area contributed by atoms with Gasteiger partial charge in [-0.1, -0.05) is 6.92 Å². The second-order valence-corrected chi connectivity index (χ2v) is 2.40. The van der Waals surface area contributed by atoms with Crippen molar-refractivity contribution in [2.24, 2.45) is 0 Å². The maximum absolute atomic E-state index is 11.0. The number of rotatable bonds is 2. The van der Waals surface area contributed by atoms with Crippen molar-refractivity contribution in [2.75, 3.05) is 7.11 Å². The molecule has 2 unspecified atom stereocenters. The number of carbonyl (C=O) groups excluding carboxylic acids is 1. The fourth-order valence-electron chi connectivity index (χ4n) is 0.987. The summed E-state index contributed by atoms with van der Waals surface area (Å²) in [6, 6.07) is 0. The standard InChI is InChI=1S/C8H12O3/c1-3-7-6(9)4-5-8(10-2)11-7/h4-5,7-8H,3H2,1-2H3. The van der Waals surface area contributed by atoms with Crippen LogP contribution in [0.2, 0.25) is 0 Å². The van der Waals surface area contributed by atoms with Crippen LogP contribution in [-0.2, 0) is 14.3 Å². The molecule has 0 aromatic heterocycles. The molecule has 0 saturated carbocycles. The van der Waals surface area contributed by atoms with Crippen molar-refractivity contribution in [3.8, 4) is 0 Å². The maximum Gasteiger partial charge on any atom is 0.184 e. The molecule has 0 spiro atoms. The van der Waals surface area contributed by atoms with Crippen molar-refractivity contribution in [3.63, 3.8) is 0 Å². The van der Waals surface area contributed by atoms with Crippen LogP contribution in [0.1, 0.15) is 13.3 Å². The zero-order valence-electron chi connectivity index (χ0n) is 6.74. The number of hydrogen-bond donors (Lipinski definition) is 0. The molecule has 1 aliphatic heterocycles. The van der Waals surface area contributed by atoms with Crippen LogP contribution in [0.3, 0.4) is 0 Å². The first-order valence-electron chi connectivity index (χ1n) is 3.68. The van der Waals surface area contributed by atoms with E-state index in [1.165, 1.54) is 6.08 Å². The molecule has 0 radical (unpaired) electrons. The van der Waals surface area contributed by atoms with E-state index in [0.29, 0.717) is 6.42 Å². The largest absolute Gasteiger partial charge is 0.352 e. The highest BCUT2D eigenvalue weighted by Gasteiger charge is 2.22. The van der Waals surface area contributed by atoms with Crippen LogP contribution in [-0.4, -0.2) is 25.3 Å². The van der Waals surface area contributed by atoms with E-state index in [1.54, 1.807) is 13.2 Å². The summed E-state index contributed by atoms with van der Waals surface area (Å²) in [5, 5.41) is 0. The van der Waals surface area contributed by atoms with Crippen LogP contribution in [0.25, 0.3) is 0 Å². The minimum Gasteiger partial charge on any atom is -0.352 e. The van der Waals surface area contributed by atoms with Gasteiger partial charge in [0.05, 0.1) is 0 Å². The van der Waals surface area contributed by atoms with Gasteiger partial charge in [-0.2, -0.15) is 0 Å².